The van der Waals surface area contributed by atoms with Crippen LogP contribution in [0.25, 0.3) is 10.9 Å². The first-order valence-electron chi connectivity index (χ1n) is 11.0. The number of hydrogen-bond acceptors (Lipinski definition) is 5. The topological polar surface area (TPSA) is 59.0 Å². The standard InChI is InChI=1S/C25H28ClN5O/c1-29-15-20(19-5-3-4-6-22(19)29)25-21(26)14-28-16-31(25)23-8-7-18(13-24(23)32-2)30-11-9-17(27)10-12-30/h3-8,13-17,25H,9-12,27H2,1-2H3. The minimum absolute atomic E-state index is 0.187. The fourth-order valence-corrected chi connectivity index (χ4v) is 5.05. The third-order valence-electron chi connectivity index (χ3n) is 6.50. The number of piperidine rings is 1. The Kier molecular flexibility index (Phi) is 5.57. The summed E-state index contributed by atoms with van der Waals surface area (Å²) >= 11 is 6.77. The van der Waals surface area contributed by atoms with Crippen LogP contribution in [0.1, 0.15) is 24.4 Å². The second-order valence-electron chi connectivity index (χ2n) is 8.48. The lowest BCUT2D eigenvalue weighted by atomic mass is 10.0. The van der Waals surface area contributed by atoms with E-state index in [1.807, 2.05) is 6.34 Å². The summed E-state index contributed by atoms with van der Waals surface area (Å²) in [6, 6.07) is 14.8. The Hall–Kier alpha value is -2.96. The van der Waals surface area contributed by atoms with Crippen molar-refractivity contribution in [3.05, 3.63) is 65.5 Å². The van der Waals surface area contributed by atoms with Crippen LogP contribution in [0.15, 0.2) is 64.9 Å². The molecule has 1 fully saturated rings. The van der Waals surface area contributed by atoms with Crippen molar-refractivity contribution in [1.82, 2.24) is 4.57 Å². The largest absolute Gasteiger partial charge is 0.494 e. The molecule has 0 spiro atoms. The number of rotatable bonds is 4. The highest BCUT2D eigenvalue weighted by Crippen LogP contribution is 2.43. The third kappa shape index (κ3) is 3.63. The van der Waals surface area contributed by atoms with Gasteiger partial charge in [-0.25, -0.2) is 4.99 Å². The van der Waals surface area contributed by atoms with Crippen LogP contribution in [0.3, 0.4) is 0 Å². The SMILES string of the molecule is COc1cc(N2CCC(N)CC2)ccc1N1C=NC=C(Cl)C1c1cn(C)c2ccccc12. The summed E-state index contributed by atoms with van der Waals surface area (Å²) in [5, 5.41) is 1.84. The van der Waals surface area contributed by atoms with Crippen LogP contribution in [-0.4, -0.2) is 37.1 Å². The number of fused-ring (bicyclic) bond motifs is 1. The second-order valence-corrected chi connectivity index (χ2v) is 8.92. The zero-order valence-corrected chi connectivity index (χ0v) is 19.2. The number of ether oxygens (including phenoxy) is 1. The Morgan fingerprint density at radius 2 is 1.91 bits per heavy atom. The van der Waals surface area contributed by atoms with Gasteiger partial charge >= 0.3 is 0 Å². The molecule has 1 saturated heterocycles. The number of aromatic nitrogens is 1. The predicted molar refractivity (Wildman–Crippen MR) is 133 cm³/mol. The molecule has 2 aliphatic heterocycles. The van der Waals surface area contributed by atoms with Gasteiger partial charge in [0.05, 0.1) is 30.2 Å². The van der Waals surface area contributed by atoms with Gasteiger partial charge in [-0.3, -0.25) is 0 Å². The lowest BCUT2D eigenvalue weighted by molar-refractivity contribution is 0.414. The number of para-hydroxylation sites is 1. The molecule has 32 heavy (non-hydrogen) atoms. The number of methoxy groups -OCH3 is 1. The fraction of sp³-hybridized carbons (Fsp3) is 0.320. The third-order valence-corrected chi connectivity index (χ3v) is 6.80. The van der Waals surface area contributed by atoms with Gasteiger partial charge in [0.15, 0.2) is 0 Å². The summed E-state index contributed by atoms with van der Waals surface area (Å²) < 4.78 is 7.98. The van der Waals surface area contributed by atoms with Gasteiger partial charge < -0.3 is 24.8 Å². The maximum atomic E-state index is 6.77. The first kappa shape index (κ1) is 20.9. The quantitative estimate of drug-likeness (QED) is 0.622. The van der Waals surface area contributed by atoms with E-state index in [-0.39, 0.29) is 6.04 Å². The Labute approximate surface area is 193 Å². The Bertz CT molecular complexity index is 1190. The number of halogens is 1. The average Bonchev–Trinajstić information content (AvgIpc) is 3.15. The summed E-state index contributed by atoms with van der Waals surface area (Å²) in [4.78, 5) is 8.86. The van der Waals surface area contributed by atoms with E-state index in [1.54, 1.807) is 13.3 Å². The Balaban J connectivity index is 1.55. The van der Waals surface area contributed by atoms with Gasteiger partial charge in [-0.15, -0.1) is 0 Å². The van der Waals surface area contributed by atoms with Crippen LogP contribution in [0.4, 0.5) is 11.4 Å². The molecule has 6 nitrogen and oxygen atoms in total. The van der Waals surface area contributed by atoms with E-state index in [4.69, 9.17) is 22.1 Å². The molecule has 0 radical (unpaired) electrons. The van der Waals surface area contributed by atoms with Crippen LogP contribution in [0.2, 0.25) is 0 Å². The number of benzene rings is 2. The van der Waals surface area contributed by atoms with Crippen LogP contribution < -0.4 is 20.3 Å². The van der Waals surface area contributed by atoms with Crippen molar-refractivity contribution in [3.63, 3.8) is 0 Å². The molecule has 0 bridgehead atoms. The molecular weight excluding hydrogens is 422 g/mol. The van der Waals surface area contributed by atoms with Gasteiger partial charge in [0.2, 0.25) is 0 Å². The monoisotopic (exact) mass is 449 g/mol. The van der Waals surface area contributed by atoms with Crippen molar-refractivity contribution in [2.75, 3.05) is 30.0 Å². The molecule has 2 N–H and O–H groups in total. The molecule has 0 saturated carbocycles. The smallest absolute Gasteiger partial charge is 0.144 e. The number of aryl methyl sites for hydroxylation is 1. The summed E-state index contributed by atoms with van der Waals surface area (Å²) in [7, 11) is 3.77. The highest BCUT2D eigenvalue weighted by Gasteiger charge is 2.30. The number of nitrogens with two attached hydrogens (primary N) is 1. The molecule has 1 unspecified atom stereocenters. The minimum atomic E-state index is -0.187. The lowest BCUT2D eigenvalue weighted by Crippen LogP contribution is -2.39. The first-order valence-corrected chi connectivity index (χ1v) is 11.3. The number of anilines is 2. The maximum Gasteiger partial charge on any atom is 0.144 e. The molecule has 7 heteroatoms. The number of aliphatic imine (C=N–C) groups is 1. The minimum Gasteiger partial charge on any atom is -0.494 e. The van der Waals surface area contributed by atoms with Gasteiger partial charge in [0.1, 0.15) is 5.75 Å². The fourth-order valence-electron chi connectivity index (χ4n) is 4.77. The van der Waals surface area contributed by atoms with Crippen molar-refractivity contribution in [1.29, 1.82) is 0 Å². The predicted octanol–water partition coefficient (Wildman–Crippen LogP) is 4.78. The maximum absolute atomic E-state index is 6.77. The van der Waals surface area contributed by atoms with Crippen molar-refractivity contribution in [3.8, 4) is 5.75 Å². The molecule has 0 aliphatic carbocycles. The van der Waals surface area contributed by atoms with Crippen molar-refractivity contribution in [2.45, 2.75) is 24.9 Å². The van der Waals surface area contributed by atoms with E-state index in [1.165, 1.54) is 10.9 Å². The van der Waals surface area contributed by atoms with E-state index >= 15 is 0 Å². The summed E-state index contributed by atoms with van der Waals surface area (Å²) in [6.07, 6.45) is 7.71. The molecule has 1 aromatic heterocycles. The summed E-state index contributed by atoms with van der Waals surface area (Å²) in [6.45, 7) is 1.92. The van der Waals surface area contributed by atoms with E-state index in [9.17, 15) is 0 Å². The number of hydrogen-bond donors (Lipinski definition) is 1. The van der Waals surface area contributed by atoms with Gasteiger partial charge in [0.25, 0.3) is 0 Å². The van der Waals surface area contributed by atoms with E-state index < -0.39 is 0 Å². The molecule has 166 valence electrons. The summed E-state index contributed by atoms with van der Waals surface area (Å²) in [5.74, 6) is 0.792. The van der Waals surface area contributed by atoms with Gasteiger partial charge in [0, 0.05) is 66.8 Å². The van der Waals surface area contributed by atoms with Crippen LogP contribution in [0, 0.1) is 0 Å². The molecule has 1 atom stereocenters. The van der Waals surface area contributed by atoms with E-state index in [0.717, 1.165) is 48.6 Å². The Morgan fingerprint density at radius 3 is 2.69 bits per heavy atom. The van der Waals surface area contributed by atoms with Gasteiger partial charge in [-0.2, -0.15) is 0 Å². The Morgan fingerprint density at radius 1 is 1.12 bits per heavy atom. The molecule has 3 aromatic rings. The average molecular weight is 450 g/mol. The van der Waals surface area contributed by atoms with E-state index in [0.29, 0.717) is 11.1 Å². The first-order chi connectivity index (χ1) is 15.6. The molecule has 3 heterocycles. The highest BCUT2D eigenvalue weighted by atomic mass is 35.5. The molecule has 2 aliphatic rings. The molecule has 5 rings (SSSR count). The van der Waals surface area contributed by atoms with E-state index in [2.05, 4.69) is 75.1 Å². The number of nitrogens with zero attached hydrogens (tertiary/aromatic N) is 4. The van der Waals surface area contributed by atoms with Crippen LogP contribution in [0.5, 0.6) is 5.75 Å². The zero-order valence-electron chi connectivity index (χ0n) is 18.4. The lowest BCUT2D eigenvalue weighted by Gasteiger charge is -2.35. The zero-order chi connectivity index (χ0) is 22.2. The second kappa shape index (κ2) is 8.52. The molecule has 0 amide bonds. The molecule has 2 aromatic carbocycles. The highest BCUT2D eigenvalue weighted by molar-refractivity contribution is 6.31. The van der Waals surface area contributed by atoms with Crippen LogP contribution >= 0.6 is 11.6 Å². The van der Waals surface area contributed by atoms with Gasteiger partial charge in [-0.05, 0) is 31.0 Å². The summed E-state index contributed by atoms with van der Waals surface area (Å²) in [5.41, 5.74) is 10.5. The van der Waals surface area contributed by atoms with Crippen molar-refractivity contribution >= 4 is 40.2 Å². The normalized spacial score (nSPS) is 19.5. The van der Waals surface area contributed by atoms with Gasteiger partial charge in [-0.1, -0.05) is 29.8 Å². The van der Waals surface area contributed by atoms with Crippen LogP contribution in [-0.2, 0) is 7.05 Å². The molecular formula is C25H28ClN5O. The van der Waals surface area contributed by atoms with Crippen molar-refractivity contribution < 1.29 is 4.74 Å². The van der Waals surface area contributed by atoms with Crippen molar-refractivity contribution in [2.24, 2.45) is 17.8 Å².